The van der Waals surface area contributed by atoms with Gasteiger partial charge in [-0.15, -0.1) is 22.9 Å². The van der Waals surface area contributed by atoms with Crippen LogP contribution in [-0.4, -0.2) is 24.0 Å². The fourth-order valence-electron chi connectivity index (χ4n) is 1.76. The molecule has 4 nitrogen and oxygen atoms in total. The first-order valence-electron chi connectivity index (χ1n) is 6.63. The number of aromatic nitrogens is 1. The Morgan fingerprint density at radius 1 is 1.48 bits per heavy atom. The number of alkyl halides is 1. The first-order chi connectivity index (χ1) is 10.2. The van der Waals surface area contributed by atoms with Crippen LogP contribution in [0.2, 0.25) is 0 Å². The lowest BCUT2D eigenvalue weighted by molar-refractivity contribution is -0.120. The Morgan fingerprint density at radius 3 is 3.05 bits per heavy atom. The van der Waals surface area contributed by atoms with Crippen LogP contribution in [0.1, 0.15) is 16.3 Å². The van der Waals surface area contributed by atoms with E-state index in [-0.39, 0.29) is 12.3 Å². The molecule has 0 bridgehead atoms. The lowest BCUT2D eigenvalue weighted by Crippen LogP contribution is -2.29. The molecule has 112 valence electrons. The summed E-state index contributed by atoms with van der Waals surface area (Å²) in [6.07, 6.45) is 0.284. The van der Waals surface area contributed by atoms with Gasteiger partial charge in [-0.2, -0.15) is 0 Å². The summed E-state index contributed by atoms with van der Waals surface area (Å²) in [6.45, 7) is 2.93. The number of amides is 1. The molecule has 1 amide bonds. The largest absolute Gasteiger partial charge is 0.492 e. The van der Waals surface area contributed by atoms with E-state index in [0.29, 0.717) is 19.0 Å². The van der Waals surface area contributed by atoms with Gasteiger partial charge in [0.15, 0.2) is 0 Å². The zero-order valence-corrected chi connectivity index (χ0v) is 13.3. The second kappa shape index (κ2) is 8.00. The molecule has 21 heavy (non-hydrogen) atoms. The Hall–Kier alpha value is -1.59. The van der Waals surface area contributed by atoms with Gasteiger partial charge >= 0.3 is 0 Å². The molecular weight excluding hydrogens is 308 g/mol. The normalized spacial score (nSPS) is 10.4. The highest BCUT2D eigenvalue weighted by Gasteiger charge is 2.07. The van der Waals surface area contributed by atoms with Gasteiger partial charge in [-0.3, -0.25) is 4.79 Å². The third-order valence-corrected chi connectivity index (χ3v) is 3.90. The first-order valence-corrected chi connectivity index (χ1v) is 8.04. The summed E-state index contributed by atoms with van der Waals surface area (Å²) in [4.78, 5) is 16.0. The Bertz CT molecular complexity index is 601. The third kappa shape index (κ3) is 5.36. The fourth-order valence-corrected chi connectivity index (χ4v) is 2.78. The number of halogens is 1. The van der Waals surface area contributed by atoms with Gasteiger partial charge < -0.3 is 10.1 Å². The van der Waals surface area contributed by atoms with E-state index in [1.165, 1.54) is 11.3 Å². The zero-order valence-electron chi connectivity index (χ0n) is 11.8. The highest BCUT2D eigenvalue weighted by Crippen LogP contribution is 2.13. The summed E-state index contributed by atoms with van der Waals surface area (Å²) >= 11 is 7.13. The van der Waals surface area contributed by atoms with Crippen molar-refractivity contribution in [2.45, 2.75) is 19.2 Å². The van der Waals surface area contributed by atoms with E-state index in [1.807, 2.05) is 36.6 Å². The predicted octanol–water partition coefficient (Wildman–Crippen LogP) is 2.93. The van der Waals surface area contributed by atoms with Gasteiger partial charge in [0.1, 0.15) is 17.4 Å². The van der Waals surface area contributed by atoms with Gasteiger partial charge in [0.2, 0.25) is 5.91 Å². The van der Waals surface area contributed by atoms with E-state index in [0.717, 1.165) is 22.0 Å². The molecule has 1 N–H and O–H groups in total. The van der Waals surface area contributed by atoms with Crippen LogP contribution in [0.25, 0.3) is 0 Å². The average molecular weight is 325 g/mol. The second-order valence-corrected chi connectivity index (χ2v) is 5.77. The predicted molar refractivity (Wildman–Crippen MR) is 85.1 cm³/mol. The van der Waals surface area contributed by atoms with Crippen molar-refractivity contribution in [2.75, 3.05) is 13.2 Å². The topological polar surface area (TPSA) is 51.2 Å². The number of ether oxygens (including phenoxy) is 1. The average Bonchev–Trinajstić information content (AvgIpc) is 2.91. The second-order valence-electron chi connectivity index (χ2n) is 4.56. The van der Waals surface area contributed by atoms with Gasteiger partial charge in [0, 0.05) is 5.38 Å². The maximum absolute atomic E-state index is 11.7. The van der Waals surface area contributed by atoms with Crippen LogP contribution in [0.5, 0.6) is 5.75 Å². The molecule has 6 heteroatoms. The minimum absolute atomic E-state index is 0.0571. The SMILES string of the molecule is Cc1cccc(OCCNC(=O)Cc2nc(CCl)cs2)c1. The van der Waals surface area contributed by atoms with Crippen molar-refractivity contribution in [3.05, 3.63) is 45.9 Å². The number of thiazole rings is 1. The maximum atomic E-state index is 11.7. The van der Waals surface area contributed by atoms with Crippen molar-refractivity contribution < 1.29 is 9.53 Å². The minimum Gasteiger partial charge on any atom is -0.492 e. The molecule has 0 atom stereocenters. The lowest BCUT2D eigenvalue weighted by Gasteiger charge is -2.07. The molecule has 1 aromatic heterocycles. The molecule has 0 fully saturated rings. The standard InChI is InChI=1S/C15H17ClN2O2S/c1-11-3-2-4-13(7-11)20-6-5-17-14(19)8-15-18-12(9-16)10-21-15/h2-4,7,10H,5-6,8-9H2,1H3,(H,17,19). The molecule has 0 aliphatic heterocycles. The number of hydrogen-bond acceptors (Lipinski definition) is 4. The molecule has 2 rings (SSSR count). The summed E-state index contributed by atoms with van der Waals surface area (Å²) in [6, 6.07) is 7.82. The monoisotopic (exact) mass is 324 g/mol. The van der Waals surface area contributed by atoms with Crippen LogP contribution in [0.3, 0.4) is 0 Å². The molecule has 0 aliphatic carbocycles. The number of carbonyl (C=O) groups excluding carboxylic acids is 1. The summed E-state index contributed by atoms with van der Waals surface area (Å²) in [5, 5.41) is 5.46. The summed E-state index contributed by atoms with van der Waals surface area (Å²) < 4.78 is 5.56. The Labute approximate surface area is 133 Å². The van der Waals surface area contributed by atoms with Crippen molar-refractivity contribution in [3.8, 4) is 5.75 Å². The molecule has 0 saturated carbocycles. The van der Waals surface area contributed by atoms with E-state index >= 15 is 0 Å². The quantitative estimate of drug-likeness (QED) is 0.629. The van der Waals surface area contributed by atoms with Crippen molar-refractivity contribution in [2.24, 2.45) is 0 Å². The Kier molecular flexibility index (Phi) is 6.02. The summed E-state index contributed by atoms with van der Waals surface area (Å²) in [5.74, 6) is 1.14. The van der Waals surface area contributed by atoms with Crippen molar-refractivity contribution in [1.82, 2.24) is 10.3 Å². The van der Waals surface area contributed by atoms with Gasteiger partial charge in [-0.1, -0.05) is 12.1 Å². The molecule has 0 unspecified atom stereocenters. The van der Waals surface area contributed by atoms with Gasteiger partial charge in [-0.05, 0) is 24.6 Å². The molecule has 0 spiro atoms. The molecule has 0 aliphatic rings. The van der Waals surface area contributed by atoms with E-state index in [2.05, 4.69) is 10.3 Å². The highest BCUT2D eigenvalue weighted by atomic mass is 35.5. The minimum atomic E-state index is -0.0571. The third-order valence-electron chi connectivity index (χ3n) is 2.73. The number of benzene rings is 1. The number of carbonyl (C=O) groups is 1. The molecule has 0 radical (unpaired) electrons. The summed E-state index contributed by atoms with van der Waals surface area (Å²) in [7, 11) is 0. The van der Waals surface area contributed by atoms with E-state index in [9.17, 15) is 4.79 Å². The van der Waals surface area contributed by atoms with Crippen molar-refractivity contribution in [1.29, 1.82) is 0 Å². The molecule has 1 heterocycles. The number of aryl methyl sites for hydroxylation is 1. The van der Waals surface area contributed by atoms with Crippen LogP contribution in [0.4, 0.5) is 0 Å². The maximum Gasteiger partial charge on any atom is 0.226 e. The van der Waals surface area contributed by atoms with E-state index < -0.39 is 0 Å². The van der Waals surface area contributed by atoms with Crippen LogP contribution in [0, 0.1) is 6.92 Å². The van der Waals surface area contributed by atoms with Crippen LogP contribution in [0.15, 0.2) is 29.6 Å². The Balaban J connectivity index is 1.67. The molecule has 1 aromatic carbocycles. The van der Waals surface area contributed by atoms with Crippen LogP contribution < -0.4 is 10.1 Å². The number of nitrogens with one attached hydrogen (secondary N) is 1. The number of hydrogen-bond donors (Lipinski definition) is 1. The summed E-state index contributed by atoms with van der Waals surface area (Å²) in [5.41, 5.74) is 1.96. The lowest BCUT2D eigenvalue weighted by atomic mass is 10.2. The molecule has 2 aromatic rings. The fraction of sp³-hybridized carbons (Fsp3) is 0.333. The zero-order chi connectivity index (χ0) is 15.1. The van der Waals surface area contributed by atoms with Crippen molar-refractivity contribution in [3.63, 3.8) is 0 Å². The van der Waals surface area contributed by atoms with Crippen LogP contribution >= 0.6 is 22.9 Å². The van der Waals surface area contributed by atoms with Gasteiger partial charge in [0.05, 0.1) is 24.5 Å². The first kappa shape index (κ1) is 15.8. The van der Waals surface area contributed by atoms with Crippen LogP contribution in [-0.2, 0) is 17.1 Å². The number of nitrogens with zero attached hydrogens (tertiary/aromatic N) is 1. The smallest absolute Gasteiger partial charge is 0.226 e. The number of rotatable bonds is 7. The highest BCUT2D eigenvalue weighted by molar-refractivity contribution is 7.09. The van der Waals surface area contributed by atoms with Gasteiger partial charge in [-0.25, -0.2) is 4.98 Å². The Morgan fingerprint density at radius 2 is 2.33 bits per heavy atom. The van der Waals surface area contributed by atoms with Crippen molar-refractivity contribution >= 4 is 28.8 Å². The van der Waals surface area contributed by atoms with Gasteiger partial charge in [0.25, 0.3) is 0 Å². The molecule has 0 saturated heterocycles. The molecular formula is C15H17ClN2O2S. The van der Waals surface area contributed by atoms with E-state index in [4.69, 9.17) is 16.3 Å². The van der Waals surface area contributed by atoms with E-state index in [1.54, 1.807) is 0 Å².